The zero-order valence-corrected chi connectivity index (χ0v) is 11.4. The van der Waals surface area contributed by atoms with Crippen molar-refractivity contribution in [2.75, 3.05) is 32.7 Å². The number of pyridine rings is 1. The number of anilines is 1. The molecular formula is C13H18N2O4. The van der Waals surface area contributed by atoms with Crippen molar-refractivity contribution < 1.29 is 19.1 Å². The predicted molar refractivity (Wildman–Crippen MR) is 70.1 cm³/mol. The molecule has 0 aliphatic rings. The summed E-state index contributed by atoms with van der Waals surface area (Å²) in [6, 6.07) is 3.25. The monoisotopic (exact) mass is 266 g/mol. The molecule has 19 heavy (non-hydrogen) atoms. The van der Waals surface area contributed by atoms with Gasteiger partial charge in [-0.05, 0) is 18.6 Å². The van der Waals surface area contributed by atoms with Gasteiger partial charge in [-0.15, -0.1) is 0 Å². The molecule has 0 spiro atoms. The third-order valence-corrected chi connectivity index (χ3v) is 2.66. The Morgan fingerprint density at radius 3 is 2.68 bits per heavy atom. The number of hydrogen-bond donors (Lipinski definition) is 0. The molecule has 0 N–H and O–H groups in total. The number of ether oxygens (including phenoxy) is 2. The largest absolute Gasteiger partial charge is 0.469 e. The first-order valence-electron chi connectivity index (χ1n) is 5.90. The van der Waals surface area contributed by atoms with Crippen LogP contribution in [0.25, 0.3) is 0 Å². The van der Waals surface area contributed by atoms with Gasteiger partial charge in [0, 0.05) is 26.2 Å². The third kappa shape index (κ3) is 4.57. The fraction of sp³-hybridized carbons (Fsp3) is 0.462. The fourth-order valence-electron chi connectivity index (χ4n) is 1.55. The number of hydrogen-bond acceptors (Lipinski definition) is 6. The van der Waals surface area contributed by atoms with Crippen LogP contribution in [-0.2, 0) is 14.3 Å². The Morgan fingerprint density at radius 2 is 2.05 bits per heavy atom. The molecule has 1 aromatic heterocycles. The van der Waals surface area contributed by atoms with E-state index in [9.17, 15) is 9.59 Å². The molecule has 0 aliphatic heterocycles. The molecule has 104 valence electrons. The molecule has 1 heterocycles. The Hall–Kier alpha value is -2.11. The lowest BCUT2D eigenvalue weighted by molar-refractivity contribution is -0.140. The van der Waals surface area contributed by atoms with Gasteiger partial charge in [-0.1, -0.05) is 0 Å². The van der Waals surface area contributed by atoms with E-state index in [4.69, 9.17) is 0 Å². The molecule has 0 aliphatic carbocycles. The quantitative estimate of drug-likeness (QED) is 0.722. The molecular weight excluding hydrogens is 248 g/mol. The maximum atomic E-state index is 11.4. The van der Waals surface area contributed by atoms with Crippen molar-refractivity contribution in [1.82, 2.24) is 4.98 Å². The molecule has 0 aromatic carbocycles. The number of carbonyl (C=O) groups is 2. The number of esters is 2. The Bertz CT molecular complexity index is 448. The summed E-state index contributed by atoms with van der Waals surface area (Å²) in [7, 11) is 4.55. The van der Waals surface area contributed by atoms with Crippen LogP contribution in [-0.4, -0.2) is 44.7 Å². The molecule has 0 saturated heterocycles. The highest BCUT2D eigenvalue weighted by Gasteiger charge is 2.09. The Kier molecular flexibility index (Phi) is 5.78. The standard InChI is InChI=1S/C13H18N2O4/c1-15(8-4-5-12(16)18-2)11-9-10(6-7-14-11)13(17)19-3/h6-7,9H,4-5,8H2,1-3H3. The Morgan fingerprint density at radius 1 is 1.32 bits per heavy atom. The molecule has 0 bridgehead atoms. The highest BCUT2D eigenvalue weighted by atomic mass is 16.5. The summed E-state index contributed by atoms with van der Waals surface area (Å²) in [5.41, 5.74) is 0.451. The van der Waals surface area contributed by atoms with Crippen LogP contribution in [0.1, 0.15) is 23.2 Å². The first-order chi connectivity index (χ1) is 9.08. The van der Waals surface area contributed by atoms with Crippen molar-refractivity contribution in [3.05, 3.63) is 23.9 Å². The van der Waals surface area contributed by atoms with E-state index in [1.165, 1.54) is 14.2 Å². The number of carbonyl (C=O) groups excluding carboxylic acids is 2. The summed E-state index contributed by atoms with van der Waals surface area (Å²) >= 11 is 0. The maximum Gasteiger partial charge on any atom is 0.338 e. The fourth-order valence-corrected chi connectivity index (χ4v) is 1.55. The minimum absolute atomic E-state index is 0.232. The van der Waals surface area contributed by atoms with Gasteiger partial charge in [-0.2, -0.15) is 0 Å². The average Bonchev–Trinajstić information content (AvgIpc) is 2.46. The maximum absolute atomic E-state index is 11.4. The zero-order chi connectivity index (χ0) is 14.3. The van der Waals surface area contributed by atoms with E-state index in [2.05, 4.69) is 14.5 Å². The lowest BCUT2D eigenvalue weighted by Gasteiger charge is -2.18. The van der Waals surface area contributed by atoms with Crippen molar-refractivity contribution in [3.8, 4) is 0 Å². The van der Waals surface area contributed by atoms with Crippen molar-refractivity contribution in [3.63, 3.8) is 0 Å². The molecule has 6 heteroatoms. The van der Waals surface area contributed by atoms with Crippen molar-refractivity contribution in [1.29, 1.82) is 0 Å². The summed E-state index contributed by atoms with van der Waals surface area (Å²) in [6.45, 7) is 0.646. The van der Waals surface area contributed by atoms with Crippen LogP contribution in [0, 0.1) is 0 Å². The van der Waals surface area contributed by atoms with Crippen LogP contribution in [0.2, 0.25) is 0 Å². The highest BCUT2D eigenvalue weighted by molar-refractivity contribution is 5.90. The van der Waals surface area contributed by atoms with Crippen LogP contribution in [0.5, 0.6) is 0 Å². The second kappa shape index (κ2) is 7.35. The number of rotatable bonds is 6. The van der Waals surface area contributed by atoms with Crippen molar-refractivity contribution in [2.24, 2.45) is 0 Å². The van der Waals surface area contributed by atoms with Crippen LogP contribution >= 0.6 is 0 Å². The van der Waals surface area contributed by atoms with Gasteiger partial charge in [0.2, 0.25) is 0 Å². The lowest BCUT2D eigenvalue weighted by Crippen LogP contribution is -2.21. The molecule has 0 unspecified atom stereocenters. The summed E-state index contributed by atoms with van der Waals surface area (Å²) in [5, 5.41) is 0. The second-order valence-corrected chi connectivity index (χ2v) is 4.00. The predicted octanol–water partition coefficient (Wildman–Crippen LogP) is 1.26. The summed E-state index contributed by atoms with van der Waals surface area (Å²) in [6.07, 6.45) is 2.57. The van der Waals surface area contributed by atoms with Gasteiger partial charge in [0.25, 0.3) is 0 Å². The molecule has 0 radical (unpaired) electrons. The van der Waals surface area contributed by atoms with Crippen molar-refractivity contribution >= 4 is 17.8 Å². The van der Waals surface area contributed by atoms with Crippen LogP contribution in [0.3, 0.4) is 0 Å². The molecule has 1 aromatic rings. The van der Waals surface area contributed by atoms with Gasteiger partial charge < -0.3 is 14.4 Å². The van der Waals surface area contributed by atoms with E-state index >= 15 is 0 Å². The average molecular weight is 266 g/mol. The van der Waals surface area contributed by atoms with Crippen molar-refractivity contribution in [2.45, 2.75) is 12.8 Å². The number of nitrogens with zero attached hydrogens (tertiary/aromatic N) is 2. The van der Waals surface area contributed by atoms with E-state index < -0.39 is 5.97 Å². The molecule has 0 atom stereocenters. The van der Waals surface area contributed by atoms with E-state index in [-0.39, 0.29) is 5.97 Å². The molecule has 6 nitrogen and oxygen atoms in total. The molecule has 1 rings (SSSR count). The van der Waals surface area contributed by atoms with Gasteiger partial charge in [0.05, 0.1) is 19.8 Å². The second-order valence-electron chi connectivity index (χ2n) is 4.00. The first kappa shape index (κ1) is 14.9. The summed E-state index contributed by atoms with van der Waals surface area (Å²) in [5.74, 6) is 0.0315. The van der Waals surface area contributed by atoms with E-state index in [0.29, 0.717) is 30.8 Å². The minimum Gasteiger partial charge on any atom is -0.469 e. The number of methoxy groups -OCH3 is 2. The highest BCUT2D eigenvalue weighted by Crippen LogP contribution is 2.12. The van der Waals surface area contributed by atoms with Gasteiger partial charge in [-0.25, -0.2) is 9.78 Å². The van der Waals surface area contributed by atoms with E-state index in [1.807, 2.05) is 11.9 Å². The first-order valence-corrected chi connectivity index (χ1v) is 5.90. The molecule has 0 fully saturated rings. The third-order valence-electron chi connectivity index (χ3n) is 2.66. The lowest BCUT2D eigenvalue weighted by atomic mass is 10.2. The zero-order valence-electron chi connectivity index (χ0n) is 11.4. The summed E-state index contributed by atoms with van der Waals surface area (Å²) < 4.78 is 9.22. The summed E-state index contributed by atoms with van der Waals surface area (Å²) in [4.78, 5) is 28.4. The molecule has 0 saturated carbocycles. The smallest absolute Gasteiger partial charge is 0.338 e. The van der Waals surface area contributed by atoms with Crippen LogP contribution in [0.15, 0.2) is 18.3 Å². The van der Waals surface area contributed by atoms with Gasteiger partial charge in [0.15, 0.2) is 0 Å². The van der Waals surface area contributed by atoms with Crippen LogP contribution < -0.4 is 4.90 Å². The van der Waals surface area contributed by atoms with Gasteiger partial charge >= 0.3 is 11.9 Å². The van der Waals surface area contributed by atoms with Gasteiger partial charge in [0.1, 0.15) is 5.82 Å². The van der Waals surface area contributed by atoms with E-state index in [0.717, 1.165) is 0 Å². The Balaban J connectivity index is 2.59. The SMILES string of the molecule is COC(=O)CCCN(C)c1cc(C(=O)OC)ccn1. The minimum atomic E-state index is -0.397. The van der Waals surface area contributed by atoms with Gasteiger partial charge in [-0.3, -0.25) is 4.79 Å². The number of aromatic nitrogens is 1. The topological polar surface area (TPSA) is 68.7 Å². The Labute approximate surface area is 112 Å². The molecule has 0 amide bonds. The normalized spacial score (nSPS) is 9.84. The van der Waals surface area contributed by atoms with Crippen LogP contribution in [0.4, 0.5) is 5.82 Å². The van der Waals surface area contributed by atoms with E-state index in [1.54, 1.807) is 18.3 Å².